The zero-order valence-corrected chi connectivity index (χ0v) is 12.1. The third-order valence-electron chi connectivity index (χ3n) is 3.15. The van der Waals surface area contributed by atoms with E-state index in [-0.39, 0.29) is 12.4 Å². The zero-order valence-electron chi connectivity index (χ0n) is 12.1. The van der Waals surface area contributed by atoms with Crippen LogP contribution in [0.3, 0.4) is 0 Å². The molecule has 0 fully saturated rings. The lowest BCUT2D eigenvalue weighted by Gasteiger charge is -2.09. The van der Waals surface area contributed by atoms with Gasteiger partial charge in [0.05, 0.1) is 6.61 Å². The van der Waals surface area contributed by atoms with Crippen LogP contribution < -0.4 is 0 Å². The predicted octanol–water partition coefficient (Wildman–Crippen LogP) is 2.76. The Labute approximate surface area is 124 Å². The van der Waals surface area contributed by atoms with Crippen molar-refractivity contribution >= 4 is 0 Å². The van der Waals surface area contributed by atoms with Crippen molar-refractivity contribution < 1.29 is 9.50 Å². The molecule has 0 aliphatic carbocycles. The van der Waals surface area contributed by atoms with E-state index in [4.69, 9.17) is 5.11 Å². The molecule has 1 N–H and O–H groups in total. The fourth-order valence-electron chi connectivity index (χ4n) is 2.14. The maximum Gasteiger partial charge on any atom is 0.124 e. The number of aromatic nitrogens is 2. The maximum absolute atomic E-state index is 13.4. The topological polar surface area (TPSA) is 38.0 Å². The average Bonchev–Trinajstić information content (AvgIpc) is 2.90. The molecule has 2 rings (SSSR count). The third kappa shape index (κ3) is 4.17. The molecular formula is C17H19FN2O. The lowest BCUT2D eigenvalue weighted by molar-refractivity contribution is 0.305. The number of aliphatic hydroxyl groups excluding tert-OH is 1. The van der Waals surface area contributed by atoms with E-state index in [0.717, 1.165) is 24.2 Å². The smallest absolute Gasteiger partial charge is 0.124 e. The van der Waals surface area contributed by atoms with Crippen LogP contribution in [-0.2, 0) is 13.0 Å². The quantitative estimate of drug-likeness (QED) is 0.858. The summed E-state index contributed by atoms with van der Waals surface area (Å²) in [5, 5.41) is 8.78. The van der Waals surface area contributed by atoms with Crippen molar-refractivity contribution in [1.29, 1.82) is 0 Å². The van der Waals surface area contributed by atoms with E-state index < -0.39 is 0 Å². The van der Waals surface area contributed by atoms with Gasteiger partial charge >= 0.3 is 0 Å². The Kier molecular flexibility index (Phi) is 5.53. The Morgan fingerprint density at radius 1 is 1.38 bits per heavy atom. The lowest BCUT2D eigenvalue weighted by Crippen LogP contribution is -2.06. The van der Waals surface area contributed by atoms with Gasteiger partial charge in [-0.2, -0.15) is 0 Å². The second kappa shape index (κ2) is 7.61. The van der Waals surface area contributed by atoms with Crippen LogP contribution in [0, 0.1) is 17.7 Å². The van der Waals surface area contributed by atoms with E-state index in [9.17, 15) is 4.39 Å². The summed E-state index contributed by atoms with van der Waals surface area (Å²) in [6.45, 7) is 2.75. The summed E-state index contributed by atoms with van der Waals surface area (Å²) >= 11 is 0. The highest BCUT2D eigenvalue weighted by Crippen LogP contribution is 2.14. The van der Waals surface area contributed by atoms with Gasteiger partial charge in [0.25, 0.3) is 0 Å². The Morgan fingerprint density at radius 3 is 3.00 bits per heavy atom. The number of imidazole rings is 1. The highest BCUT2D eigenvalue weighted by Gasteiger charge is 2.06. The van der Waals surface area contributed by atoms with Gasteiger partial charge in [0.1, 0.15) is 11.6 Å². The second-order valence-corrected chi connectivity index (χ2v) is 4.80. The first-order valence-corrected chi connectivity index (χ1v) is 7.12. The highest BCUT2D eigenvalue weighted by atomic mass is 19.1. The van der Waals surface area contributed by atoms with Crippen LogP contribution >= 0.6 is 0 Å². The van der Waals surface area contributed by atoms with Crippen molar-refractivity contribution in [2.75, 3.05) is 6.61 Å². The number of hydrogen-bond acceptors (Lipinski definition) is 2. The van der Waals surface area contributed by atoms with Crippen LogP contribution in [0.2, 0.25) is 0 Å². The van der Waals surface area contributed by atoms with Gasteiger partial charge in [-0.15, -0.1) is 0 Å². The number of nitrogens with zero attached hydrogens (tertiary/aromatic N) is 2. The zero-order chi connectivity index (χ0) is 15.1. The molecule has 21 heavy (non-hydrogen) atoms. The molecular weight excluding hydrogens is 267 g/mol. The molecule has 0 amide bonds. The van der Waals surface area contributed by atoms with Crippen molar-refractivity contribution in [1.82, 2.24) is 9.55 Å². The van der Waals surface area contributed by atoms with Crippen molar-refractivity contribution in [2.24, 2.45) is 0 Å². The van der Waals surface area contributed by atoms with Crippen LogP contribution in [0.4, 0.5) is 4.39 Å². The molecule has 1 aromatic heterocycles. The van der Waals surface area contributed by atoms with Crippen LogP contribution in [0.1, 0.15) is 36.7 Å². The first kappa shape index (κ1) is 15.3. The number of aryl methyl sites for hydroxylation is 1. The molecule has 0 aliphatic heterocycles. The largest absolute Gasteiger partial charge is 0.395 e. The molecule has 4 heteroatoms. The van der Waals surface area contributed by atoms with Crippen LogP contribution in [-0.4, -0.2) is 21.3 Å². The standard InChI is InChI=1S/C17H19FN2O/c1-2-5-17-19-9-10-20(17)13-15-7-8-16(18)12-14(15)6-3-4-11-21/h7-10,12,21H,2,4-5,11,13H2,1H3. The van der Waals surface area contributed by atoms with Crippen LogP contribution in [0.5, 0.6) is 0 Å². The second-order valence-electron chi connectivity index (χ2n) is 4.80. The molecule has 1 heterocycles. The van der Waals surface area contributed by atoms with E-state index in [2.05, 4.69) is 28.3 Å². The Bertz CT molecular complexity index is 652. The molecule has 0 aliphatic rings. The summed E-state index contributed by atoms with van der Waals surface area (Å²) < 4.78 is 15.5. The Balaban J connectivity index is 2.27. The van der Waals surface area contributed by atoms with Gasteiger partial charge in [0.2, 0.25) is 0 Å². The van der Waals surface area contributed by atoms with Gasteiger partial charge in [-0.1, -0.05) is 24.8 Å². The fraction of sp³-hybridized carbons (Fsp3) is 0.353. The Morgan fingerprint density at radius 2 is 2.24 bits per heavy atom. The van der Waals surface area contributed by atoms with Crippen molar-refractivity contribution in [3.8, 4) is 11.8 Å². The molecule has 0 saturated heterocycles. The summed E-state index contributed by atoms with van der Waals surface area (Å²) in [6, 6.07) is 4.65. The van der Waals surface area contributed by atoms with Crippen molar-refractivity contribution in [3.63, 3.8) is 0 Å². The number of hydrogen-bond donors (Lipinski definition) is 1. The summed E-state index contributed by atoms with van der Waals surface area (Å²) in [4.78, 5) is 4.34. The minimum Gasteiger partial charge on any atom is -0.395 e. The minimum absolute atomic E-state index is 0.0137. The first-order valence-electron chi connectivity index (χ1n) is 7.12. The van der Waals surface area contributed by atoms with E-state index >= 15 is 0 Å². The number of rotatable bonds is 5. The van der Waals surface area contributed by atoms with Gasteiger partial charge in [0, 0.05) is 37.3 Å². The Hall–Kier alpha value is -2.12. The number of halogens is 1. The molecule has 0 saturated carbocycles. The first-order chi connectivity index (χ1) is 10.2. The molecule has 2 aromatic rings. The summed E-state index contributed by atoms with van der Waals surface area (Å²) in [7, 11) is 0. The molecule has 0 radical (unpaired) electrons. The van der Waals surface area contributed by atoms with E-state index in [1.165, 1.54) is 12.1 Å². The van der Waals surface area contributed by atoms with Gasteiger partial charge in [-0.25, -0.2) is 9.37 Å². The van der Waals surface area contributed by atoms with Crippen molar-refractivity contribution in [2.45, 2.75) is 32.7 Å². The van der Waals surface area contributed by atoms with Gasteiger partial charge < -0.3 is 9.67 Å². The normalized spacial score (nSPS) is 10.2. The van der Waals surface area contributed by atoms with Crippen molar-refractivity contribution in [3.05, 3.63) is 53.4 Å². The summed E-state index contributed by atoms with van der Waals surface area (Å²) in [6.07, 6.45) is 6.05. The van der Waals surface area contributed by atoms with E-state index in [1.54, 1.807) is 12.3 Å². The SMILES string of the molecule is CCCc1nccn1Cc1ccc(F)cc1C#CCCO. The molecule has 0 bridgehead atoms. The van der Waals surface area contributed by atoms with Gasteiger partial charge in [-0.3, -0.25) is 0 Å². The average molecular weight is 286 g/mol. The molecule has 0 spiro atoms. The monoisotopic (exact) mass is 286 g/mol. The summed E-state index contributed by atoms with van der Waals surface area (Å²) in [5.41, 5.74) is 1.62. The van der Waals surface area contributed by atoms with E-state index in [1.807, 2.05) is 6.20 Å². The summed E-state index contributed by atoms with van der Waals surface area (Å²) in [5.74, 6) is 6.51. The van der Waals surface area contributed by atoms with Gasteiger partial charge in [-0.05, 0) is 24.1 Å². The molecule has 110 valence electrons. The van der Waals surface area contributed by atoms with Gasteiger partial charge in [0.15, 0.2) is 0 Å². The predicted molar refractivity (Wildman–Crippen MR) is 80.3 cm³/mol. The molecule has 0 unspecified atom stereocenters. The molecule has 3 nitrogen and oxygen atoms in total. The number of benzene rings is 1. The van der Waals surface area contributed by atoms with Crippen LogP contribution in [0.15, 0.2) is 30.6 Å². The molecule has 1 aromatic carbocycles. The van der Waals surface area contributed by atoms with Crippen LogP contribution in [0.25, 0.3) is 0 Å². The molecule has 0 atom stereocenters. The fourth-order valence-corrected chi connectivity index (χ4v) is 2.14. The van der Waals surface area contributed by atoms with E-state index in [0.29, 0.717) is 18.5 Å². The third-order valence-corrected chi connectivity index (χ3v) is 3.15. The number of aliphatic hydroxyl groups is 1. The lowest BCUT2D eigenvalue weighted by atomic mass is 10.1. The maximum atomic E-state index is 13.4. The highest BCUT2D eigenvalue weighted by molar-refractivity contribution is 5.42. The minimum atomic E-state index is -0.300.